The lowest BCUT2D eigenvalue weighted by molar-refractivity contribution is 0.284. The number of nitriles is 1. The summed E-state index contributed by atoms with van der Waals surface area (Å²) in [5.74, 6) is 1.12. The van der Waals surface area contributed by atoms with Crippen LogP contribution in [0.1, 0.15) is 16.7 Å². The van der Waals surface area contributed by atoms with Crippen LogP contribution in [0, 0.1) is 11.3 Å². The van der Waals surface area contributed by atoms with E-state index in [1.807, 2.05) is 42.5 Å². The molecule has 0 saturated carbocycles. The molecule has 0 amide bonds. The number of methoxy groups -OCH3 is 1. The number of sulfonamides is 1. The summed E-state index contributed by atoms with van der Waals surface area (Å²) >= 11 is 0. The van der Waals surface area contributed by atoms with Gasteiger partial charge in [-0.2, -0.15) is 9.57 Å². The maximum atomic E-state index is 12.8. The zero-order valence-corrected chi connectivity index (χ0v) is 17.6. The Morgan fingerprint density at radius 3 is 2.27 bits per heavy atom. The minimum absolute atomic E-state index is 0.138. The second-order valence-corrected chi connectivity index (χ2v) is 8.70. The van der Waals surface area contributed by atoms with Gasteiger partial charge in [0.05, 0.1) is 23.6 Å². The predicted molar refractivity (Wildman–Crippen MR) is 114 cm³/mol. The summed E-state index contributed by atoms with van der Waals surface area (Å²) in [7, 11) is -0.625. The Labute approximate surface area is 177 Å². The Hall–Kier alpha value is -3.34. The molecule has 0 aromatic heterocycles. The van der Waals surface area contributed by atoms with Crippen molar-refractivity contribution in [2.24, 2.45) is 0 Å². The SMILES string of the molecule is COc1cc(CN(C)S(=O)(=O)c2ccc(C#N)cc2)ccc1OCc1ccccc1. The monoisotopic (exact) mass is 422 g/mol. The molecule has 0 saturated heterocycles. The molecule has 0 N–H and O–H groups in total. The standard InChI is InChI=1S/C23H22N2O4S/c1-25(30(26,27)21-11-8-18(15-24)9-12-21)16-20-10-13-22(23(14-20)28-2)29-17-19-6-4-3-5-7-19/h3-14H,16-17H2,1-2H3. The van der Waals surface area contributed by atoms with Gasteiger partial charge in [0.1, 0.15) is 6.61 Å². The van der Waals surface area contributed by atoms with E-state index in [0.717, 1.165) is 11.1 Å². The van der Waals surface area contributed by atoms with Crippen LogP contribution >= 0.6 is 0 Å². The number of benzene rings is 3. The molecule has 0 unspecified atom stereocenters. The Bertz CT molecular complexity index is 1140. The van der Waals surface area contributed by atoms with Gasteiger partial charge in [-0.1, -0.05) is 36.4 Å². The largest absolute Gasteiger partial charge is 0.493 e. The van der Waals surface area contributed by atoms with Crippen molar-refractivity contribution >= 4 is 10.0 Å². The van der Waals surface area contributed by atoms with Crippen LogP contribution in [-0.4, -0.2) is 26.9 Å². The van der Waals surface area contributed by atoms with Crippen molar-refractivity contribution in [3.63, 3.8) is 0 Å². The Morgan fingerprint density at radius 2 is 1.63 bits per heavy atom. The first-order chi connectivity index (χ1) is 14.4. The number of hydrogen-bond acceptors (Lipinski definition) is 5. The normalized spacial score (nSPS) is 11.1. The Kier molecular flexibility index (Phi) is 6.72. The number of ether oxygens (including phenoxy) is 2. The predicted octanol–water partition coefficient (Wildman–Crippen LogP) is 3.97. The van der Waals surface area contributed by atoms with E-state index in [4.69, 9.17) is 14.7 Å². The molecule has 6 nitrogen and oxygen atoms in total. The molecule has 3 aromatic carbocycles. The molecule has 0 radical (unpaired) electrons. The van der Waals surface area contributed by atoms with Crippen molar-refractivity contribution in [3.8, 4) is 17.6 Å². The summed E-state index contributed by atoms with van der Waals surface area (Å²) in [5.41, 5.74) is 2.21. The van der Waals surface area contributed by atoms with Gasteiger partial charge in [0.2, 0.25) is 10.0 Å². The Balaban J connectivity index is 1.73. The molecule has 0 aliphatic heterocycles. The zero-order valence-electron chi connectivity index (χ0n) is 16.8. The van der Waals surface area contributed by atoms with Crippen molar-refractivity contribution in [1.82, 2.24) is 4.31 Å². The highest BCUT2D eigenvalue weighted by Gasteiger charge is 2.21. The van der Waals surface area contributed by atoms with Gasteiger partial charge in [0.15, 0.2) is 11.5 Å². The van der Waals surface area contributed by atoms with Crippen molar-refractivity contribution in [3.05, 3.63) is 89.5 Å². The molecule has 0 fully saturated rings. The fourth-order valence-electron chi connectivity index (χ4n) is 2.89. The maximum absolute atomic E-state index is 12.8. The lowest BCUT2D eigenvalue weighted by atomic mass is 10.2. The van der Waals surface area contributed by atoms with Gasteiger partial charge in [0, 0.05) is 13.6 Å². The van der Waals surface area contributed by atoms with E-state index < -0.39 is 10.0 Å². The van der Waals surface area contributed by atoms with Gasteiger partial charge < -0.3 is 9.47 Å². The van der Waals surface area contributed by atoms with Crippen molar-refractivity contribution in [1.29, 1.82) is 5.26 Å². The summed E-state index contributed by atoms with van der Waals surface area (Å²) in [6, 6.07) is 23.0. The maximum Gasteiger partial charge on any atom is 0.243 e. The summed E-state index contributed by atoms with van der Waals surface area (Å²) in [5, 5.41) is 8.88. The third-order valence-electron chi connectivity index (χ3n) is 4.56. The highest BCUT2D eigenvalue weighted by molar-refractivity contribution is 7.89. The highest BCUT2D eigenvalue weighted by atomic mass is 32.2. The summed E-state index contributed by atoms with van der Waals surface area (Å²) < 4.78 is 38.1. The molecule has 0 spiro atoms. The summed E-state index contributed by atoms with van der Waals surface area (Å²) in [6.07, 6.45) is 0. The van der Waals surface area contributed by atoms with E-state index in [1.165, 1.54) is 35.6 Å². The zero-order chi connectivity index (χ0) is 21.6. The molecule has 0 aliphatic carbocycles. The van der Waals surface area contributed by atoms with E-state index >= 15 is 0 Å². The summed E-state index contributed by atoms with van der Waals surface area (Å²) in [4.78, 5) is 0.138. The quantitative estimate of drug-likeness (QED) is 0.549. The minimum Gasteiger partial charge on any atom is -0.493 e. The molecule has 3 rings (SSSR count). The first-order valence-electron chi connectivity index (χ1n) is 9.24. The van der Waals surface area contributed by atoms with Crippen LogP contribution in [0.2, 0.25) is 0 Å². The lowest BCUT2D eigenvalue weighted by Crippen LogP contribution is -2.26. The van der Waals surface area contributed by atoms with Crippen LogP contribution in [-0.2, 0) is 23.2 Å². The second kappa shape index (κ2) is 9.44. The third kappa shape index (κ3) is 4.98. The lowest BCUT2D eigenvalue weighted by Gasteiger charge is -2.18. The van der Waals surface area contributed by atoms with Crippen molar-refractivity contribution < 1.29 is 17.9 Å². The molecular weight excluding hydrogens is 400 g/mol. The highest BCUT2D eigenvalue weighted by Crippen LogP contribution is 2.30. The fraction of sp³-hybridized carbons (Fsp3) is 0.174. The third-order valence-corrected chi connectivity index (χ3v) is 6.38. The molecule has 3 aromatic rings. The number of rotatable bonds is 8. The average Bonchev–Trinajstić information content (AvgIpc) is 2.78. The molecule has 0 atom stereocenters. The van der Waals surface area contributed by atoms with E-state index in [2.05, 4.69) is 0 Å². The molecule has 0 aliphatic rings. The van der Waals surface area contributed by atoms with E-state index in [9.17, 15) is 8.42 Å². The molecule has 7 heteroatoms. The van der Waals surface area contributed by atoms with Gasteiger partial charge in [-0.25, -0.2) is 8.42 Å². The van der Waals surface area contributed by atoms with Crippen LogP contribution in [0.3, 0.4) is 0 Å². The van der Waals surface area contributed by atoms with Gasteiger partial charge in [-0.05, 0) is 47.5 Å². The molecule has 0 bridgehead atoms. The number of nitrogens with zero attached hydrogens (tertiary/aromatic N) is 2. The molecule has 0 heterocycles. The van der Waals surface area contributed by atoms with Crippen LogP contribution < -0.4 is 9.47 Å². The van der Waals surface area contributed by atoms with Crippen molar-refractivity contribution in [2.75, 3.05) is 14.2 Å². The van der Waals surface area contributed by atoms with Crippen molar-refractivity contribution in [2.45, 2.75) is 18.0 Å². The number of hydrogen-bond donors (Lipinski definition) is 0. The van der Waals surface area contributed by atoms with Crippen LogP contribution in [0.15, 0.2) is 77.7 Å². The minimum atomic E-state index is -3.69. The van der Waals surface area contributed by atoms with E-state index in [1.54, 1.807) is 19.2 Å². The first kappa shape index (κ1) is 21.4. The van der Waals surface area contributed by atoms with Crippen LogP contribution in [0.25, 0.3) is 0 Å². The molecule has 154 valence electrons. The van der Waals surface area contributed by atoms with Gasteiger partial charge in [-0.15, -0.1) is 0 Å². The van der Waals surface area contributed by atoms with E-state index in [-0.39, 0.29) is 11.4 Å². The fourth-order valence-corrected chi connectivity index (χ4v) is 4.05. The Morgan fingerprint density at radius 1 is 0.933 bits per heavy atom. The van der Waals surface area contributed by atoms with Crippen LogP contribution in [0.5, 0.6) is 11.5 Å². The van der Waals surface area contributed by atoms with Crippen LogP contribution in [0.4, 0.5) is 0 Å². The van der Waals surface area contributed by atoms with E-state index in [0.29, 0.717) is 23.7 Å². The topological polar surface area (TPSA) is 79.6 Å². The van der Waals surface area contributed by atoms with Gasteiger partial charge in [0.25, 0.3) is 0 Å². The van der Waals surface area contributed by atoms with Gasteiger partial charge >= 0.3 is 0 Å². The average molecular weight is 423 g/mol. The molecular formula is C23H22N2O4S. The first-order valence-corrected chi connectivity index (χ1v) is 10.7. The van der Waals surface area contributed by atoms with Gasteiger partial charge in [-0.3, -0.25) is 0 Å². The second-order valence-electron chi connectivity index (χ2n) is 6.66. The smallest absolute Gasteiger partial charge is 0.243 e. The summed E-state index contributed by atoms with van der Waals surface area (Å²) in [6.45, 7) is 0.571. The molecule has 30 heavy (non-hydrogen) atoms.